The van der Waals surface area contributed by atoms with Gasteiger partial charge >= 0.3 is 6.18 Å². The molecule has 0 saturated carbocycles. The number of nitrogens with zero attached hydrogens (tertiary/aromatic N) is 4. The number of alkyl halides is 3. The monoisotopic (exact) mass is 388 g/mol. The molecule has 0 N–H and O–H groups in total. The van der Waals surface area contributed by atoms with Gasteiger partial charge in [-0.2, -0.15) is 22.8 Å². The van der Waals surface area contributed by atoms with E-state index < -0.39 is 11.7 Å². The predicted molar refractivity (Wildman–Crippen MR) is 98.5 cm³/mol. The molecule has 4 aromatic rings. The molecular formula is C19H15F3N4S. The van der Waals surface area contributed by atoms with E-state index >= 15 is 0 Å². The molecule has 0 radical (unpaired) electrons. The van der Waals surface area contributed by atoms with Crippen LogP contribution in [0.2, 0.25) is 0 Å². The Morgan fingerprint density at radius 3 is 2.48 bits per heavy atom. The van der Waals surface area contributed by atoms with E-state index in [1.165, 1.54) is 27.5 Å². The van der Waals surface area contributed by atoms with Crippen LogP contribution in [0.5, 0.6) is 0 Å². The highest BCUT2D eigenvalue weighted by Crippen LogP contribution is 2.33. The Bertz CT molecular complexity index is 1080. The summed E-state index contributed by atoms with van der Waals surface area (Å²) in [7, 11) is 0. The lowest BCUT2D eigenvalue weighted by Gasteiger charge is -2.07. The van der Waals surface area contributed by atoms with Crippen molar-refractivity contribution in [2.45, 2.75) is 25.9 Å². The molecule has 0 unspecified atom stereocenters. The second kappa shape index (κ2) is 6.77. The molecule has 2 aromatic carbocycles. The van der Waals surface area contributed by atoms with Gasteiger partial charge in [-0.25, -0.2) is 0 Å². The highest BCUT2D eigenvalue weighted by molar-refractivity contribution is 7.19. The molecule has 138 valence electrons. The molecule has 27 heavy (non-hydrogen) atoms. The second-order valence-electron chi connectivity index (χ2n) is 6.15. The van der Waals surface area contributed by atoms with E-state index in [4.69, 9.17) is 0 Å². The van der Waals surface area contributed by atoms with Crippen LogP contribution in [0.3, 0.4) is 0 Å². The van der Waals surface area contributed by atoms with Crippen molar-refractivity contribution in [2.75, 3.05) is 0 Å². The van der Waals surface area contributed by atoms with Crippen molar-refractivity contribution >= 4 is 16.3 Å². The molecule has 0 saturated heterocycles. The zero-order chi connectivity index (χ0) is 19.0. The van der Waals surface area contributed by atoms with Crippen molar-refractivity contribution in [3.63, 3.8) is 0 Å². The van der Waals surface area contributed by atoms with Crippen LogP contribution in [0, 0.1) is 0 Å². The molecule has 0 bridgehead atoms. The minimum atomic E-state index is -4.41. The number of hydrogen-bond acceptors (Lipinski definition) is 4. The van der Waals surface area contributed by atoms with E-state index in [0.717, 1.165) is 35.5 Å². The molecule has 8 heteroatoms. The van der Waals surface area contributed by atoms with Crippen molar-refractivity contribution in [1.82, 2.24) is 19.8 Å². The number of rotatable bonds is 4. The molecule has 0 fully saturated rings. The third kappa shape index (κ3) is 3.44. The van der Waals surface area contributed by atoms with Gasteiger partial charge in [0.2, 0.25) is 4.96 Å². The number of halogens is 3. The van der Waals surface area contributed by atoms with Crippen LogP contribution in [0.25, 0.3) is 26.9 Å². The molecule has 0 aliphatic heterocycles. The number of aryl methyl sites for hydroxylation is 1. The summed E-state index contributed by atoms with van der Waals surface area (Å²) in [5.41, 5.74) is 1.81. The summed E-state index contributed by atoms with van der Waals surface area (Å²) in [5, 5.41) is 13.3. The maximum atomic E-state index is 13.0. The quantitative estimate of drug-likeness (QED) is 0.464. The van der Waals surface area contributed by atoms with E-state index in [0.29, 0.717) is 16.3 Å². The van der Waals surface area contributed by atoms with Crippen molar-refractivity contribution in [3.8, 4) is 22.0 Å². The highest BCUT2D eigenvalue weighted by atomic mass is 32.1. The van der Waals surface area contributed by atoms with Crippen molar-refractivity contribution in [1.29, 1.82) is 0 Å². The Balaban J connectivity index is 1.72. The zero-order valence-corrected chi connectivity index (χ0v) is 15.2. The predicted octanol–water partition coefficient (Wildman–Crippen LogP) is 5.49. The molecule has 0 spiro atoms. The van der Waals surface area contributed by atoms with Crippen LogP contribution in [-0.4, -0.2) is 19.8 Å². The van der Waals surface area contributed by atoms with Gasteiger partial charge < -0.3 is 0 Å². The van der Waals surface area contributed by atoms with E-state index in [1.54, 1.807) is 6.07 Å². The van der Waals surface area contributed by atoms with Gasteiger partial charge in [0.25, 0.3) is 0 Å². The smallest absolute Gasteiger partial charge is 0.182 e. The number of hydrogen-bond donors (Lipinski definition) is 0. The van der Waals surface area contributed by atoms with Crippen LogP contribution >= 0.6 is 11.3 Å². The fourth-order valence-corrected chi connectivity index (χ4v) is 3.70. The van der Waals surface area contributed by atoms with E-state index in [2.05, 4.69) is 34.4 Å². The fourth-order valence-electron chi connectivity index (χ4n) is 2.85. The summed E-state index contributed by atoms with van der Waals surface area (Å²) >= 11 is 1.35. The Kier molecular flexibility index (Phi) is 4.43. The first-order chi connectivity index (χ1) is 13.0. The summed E-state index contributed by atoms with van der Waals surface area (Å²) in [4.78, 5) is 0.537. The summed E-state index contributed by atoms with van der Waals surface area (Å²) in [6, 6.07) is 13.2. The molecule has 0 atom stereocenters. The average Bonchev–Trinajstić information content (AvgIpc) is 3.23. The molecule has 4 rings (SSSR count). The van der Waals surface area contributed by atoms with E-state index in [9.17, 15) is 13.2 Å². The Morgan fingerprint density at radius 1 is 1.00 bits per heavy atom. The molecule has 0 amide bonds. The first kappa shape index (κ1) is 17.7. The van der Waals surface area contributed by atoms with Crippen LogP contribution in [0.4, 0.5) is 13.2 Å². The third-order valence-corrected chi connectivity index (χ3v) is 5.13. The first-order valence-corrected chi connectivity index (χ1v) is 9.26. The van der Waals surface area contributed by atoms with Gasteiger partial charge in [0, 0.05) is 11.1 Å². The number of benzene rings is 2. The molecule has 4 nitrogen and oxygen atoms in total. The Hall–Kier alpha value is -2.74. The maximum absolute atomic E-state index is 13.0. The summed E-state index contributed by atoms with van der Waals surface area (Å²) in [6.07, 6.45) is -2.31. The van der Waals surface area contributed by atoms with Crippen LogP contribution in [0.1, 0.15) is 24.5 Å². The van der Waals surface area contributed by atoms with Gasteiger partial charge in [-0.3, -0.25) is 0 Å². The number of fused-ring (bicyclic) bond motifs is 1. The zero-order valence-electron chi connectivity index (χ0n) is 14.4. The van der Waals surface area contributed by atoms with Gasteiger partial charge in [0.15, 0.2) is 5.82 Å². The van der Waals surface area contributed by atoms with Gasteiger partial charge in [0.1, 0.15) is 5.01 Å². The molecule has 0 aliphatic carbocycles. The Morgan fingerprint density at radius 2 is 1.78 bits per heavy atom. The van der Waals surface area contributed by atoms with Gasteiger partial charge in [-0.05, 0) is 24.1 Å². The van der Waals surface area contributed by atoms with Crippen LogP contribution in [0.15, 0.2) is 48.5 Å². The summed E-state index contributed by atoms with van der Waals surface area (Å²) < 4.78 is 40.4. The lowest BCUT2D eigenvalue weighted by Crippen LogP contribution is -2.05. The van der Waals surface area contributed by atoms with E-state index in [-0.39, 0.29) is 0 Å². The minimum Gasteiger partial charge on any atom is -0.182 e. The first-order valence-electron chi connectivity index (χ1n) is 8.45. The van der Waals surface area contributed by atoms with Crippen molar-refractivity contribution in [3.05, 3.63) is 59.7 Å². The topological polar surface area (TPSA) is 43.1 Å². The van der Waals surface area contributed by atoms with Gasteiger partial charge in [-0.1, -0.05) is 61.1 Å². The molecule has 2 heterocycles. The third-order valence-electron chi connectivity index (χ3n) is 4.18. The average molecular weight is 388 g/mol. The highest BCUT2D eigenvalue weighted by Gasteiger charge is 2.31. The maximum Gasteiger partial charge on any atom is 0.416 e. The van der Waals surface area contributed by atoms with Crippen molar-refractivity contribution in [2.24, 2.45) is 0 Å². The van der Waals surface area contributed by atoms with Gasteiger partial charge in [-0.15, -0.1) is 10.2 Å². The normalized spacial score (nSPS) is 12.0. The largest absolute Gasteiger partial charge is 0.416 e. The summed E-state index contributed by atoms with van der Waals surface area (Å²) in [6.45, 7) is 2.13. The molecular weight excluding hydrogens is 373 g/mol. The Labute approximate surface area is 157 Å². The molecule has 2 aromatic heterocycles. The lowest BCUT2D eigenvalue weighted by molar-refractivity contribution is -0.137. The molecule has 0 aliphatic rings. The lowest BCUT2D eigenvalue weighted by atomic mass is 10.1. The SMILES string of the molecule is CCCc1ccc(-c2nn3c(-c4cccc(C(F)(F)F)c4)nnc3s2)cc1. The van der Waals surface area contributed by atoms with Gasteiger partial charge in [0.05, 0.1) is 5.56 Å². The van der Waals surface area contributed by atoms with E-state index in [1.807, 2.05) is 12.1 Å². The van der Waals surface area contributed by atoms with Crippen molar-refractivity contribution < 1.29 is 13.2 Å². The number of aromatic nitrogens is 4. The van der Waals surface area contributed by atoms with Crippen LogP contribution < -0.4 is 0 Å². The van der Waals surface area contributed by atoms with Crippen LogP contribution in [-0.2, 0) is 12.6 Å². The fraction of sp³-hybridized carbons (Fsp3) is 0.211. The minimum absolute atomic E-state index is 0.293. The standard InChI is InChI=1S/C19H15F3N4S/c1-2-4-12-7-9-13(10-8-12)17-25-26-16(23-24-18(26)27-17)14-5-3-6-15(11-14)19(20,21)22/h3,5-11H,2,4H2,1H3. The second-order valence-corrected chi connectivity index (χ2v) is 7.11. The summed E-state index contributed by atoms with van der Waals surface area (Å²) in [5.74, 6) is 0.293.